The van der Waals surface area contributed by atoms with Gasteiger partial charge >= 0.3 is 0 Å². The van der Waals surface area contributed by atoms with E-state index >= 15 is 0 Å². The molecule has 2 heteroatoms. The number of unbranched alkanes of at least 4 members (excludes halogenated alkanes) is 1. The largest absolute Gasteiger partial charge is 0.389 e. The molecule has 11 heavy (non-hydrogen) atoms. The molecule has 66 valence electrons. The van der Waals surface area contributed by atoms with Crippen LogP contribution in [-0.2, 0) is 0 Å². The maximum Gasteiger partial charge on any atom is 0.0721 e. The zero-order valence-electron chi connectivity index (χ0n) is 7.33. The standard InChI is InChI=1S/C9H18O2/c1-3-4-5-9(11)7-6-8(2)10/h6-11H,3-5H2,1-2H3. The SMILES string of the molecule is CCCCC(O)C=CC(C)O. The minimum absolute atomic E-state index is 0.385. The van der Waals surface area contributed by atoms with Gasteiger partial charge in [0.15, 0.2) is 0 Å². The molecule has 0 spiro atoms. The summed E-state index contributed by atoms with van der Waals surface area (Å²) in [4.78, 5) is 0. The van der Waals surface area contributed by atoms with Gasteiger partial charge in [-0.25, -0.2) is 0 Å². The topological polar surface area (TPSA) is 40.5 Å². The summed E-state index contributed by atoms with van der Waals surface area (Å²) in [5.74, 6) is 0. The molecule has 0 amide bonds. The quantitative estimate of drug-likeness (QED) is 0.595. The lowest BCUT2D eigenvalue weighted by Gasteiger charge is -2.03. The Morgan fingerprint density at radius 3 is 2.36 bits per heavy atom. The number of aliphatic hydroxyl groups excluding tert-OH is 2. The molecule has 0 aromatic carbocycles. The maximum absolute atomic E-state index is 9.23. The lowest BCUT2D eigenvalue weighted by molar-refractivity contribution is 0.203. The average molecular weight is 158 g/mol. The first-order valence-electron chi connectivity index (χ1n) is 4.21. The van der Waals surface area contributed by atoms with E-state index in [1.165, 1.54) is 0 Å². The lowest BCUT2D eigenvalue weighted by Crippen LogP contribution is -2.03. The smallest absolute Gasteiger partial charge is 0.0721 e. The van der Waals surface area contributed by atoms with Crippen LogP contribution in [0.2, 0.25) is 0 Å². The van der Waals surface area contributed by atoms with Crippen molar-refractivity contribution in [2.24, 2.45) is 0 Å². The molecule has 0 rings (SSSR count). The predicted octanol–water partition coefficient (Wildman–Crippen LogP) is 1.47. The fourth-order valence-electron chi connectivity index (χ4n) is 0.799. The van der Waals surface area contributed by atoms with Crippen LogP contribution in [-0.4, -0.2) is 22.4 Å². The highest BCUT2D eigenvalue weighted by Gasteiger charge is 1.97. The highest BCUT2D eigenvalue weighted by molar-refractivity contribution is 4.91. The van der Waals surface area contributed by atoms with Gasteiger partial charge in [0.25, 0.3) is 0 Å². The molecule has 2 atom stereocenters. The van der Waals surface area contributed by atoms with Crippen LogP contribution in [0.5, 0.6) is 0 Å². The second kappa shape index (κ2) is 6.38. The van der Waals surface area contributed by atoms with E-state index in [2.05, 4.69) is 6.92 Å². The third kappa shape index (κ3) is 7.56. The molecule has 2 unspecified atom stereocenters. The van der Waals surface area contributed by atoms with E-state index in [9.17, 15) is 5.11 Å². The second-order valence-electron chi connectivity index (χ2n) is 2.84. The summed E-state index contributed by atoms with van der Waals surface area (Å²) in [6.07, 6.45) is 5.35. The maximum atomic E-state index is 9.23. The molecule has 0 radical (unpaired) electrons. The van der Waals surface area contributed by atoms with Crippen molar-refractivity contribution in [3.63, 3.8) is 0 Å². The summed E-state index contributed by atoms with van der Waals surface area (Å²) >= 11 is 0. The van der Waals surface area contributed by atoms with Crippen molar-refractivity contribution in [2.45, 2.75) is 45.3 Å². The Balaban J connectivity index is 3.42. The zero-order valence-corrected chi connectivity index (χ0v) is 7.33. The summed E-state index contributed by atoms with van der Waals surface area (Å²) in [5.41, 5.74) is 0. The third-order valence-electron chi connectivity index (χ3n) is 1.47. The lowest BCUT2D eigenvalue weighted by atomic mass is 10.1. The van der Waals surface area contributed by atoms with Gasteiger partial charge in [-0.1, -0.05) is 31.9 Å². The molecule has 0 fully saturated rings. The minimum atomic E-state index is -0.453. The van der Waals surface area contributed by atoms with Gasteiger partial charge in [0, 0.05) is 0 Å². The first-order valence-corrected chi connectivity index (χ1v) is 4.21. The number of rotatable bonds is 5. The van der Waals surface area contributed by atoms with E-state index in [-0.39, 0.29) is 6.10 Å². The van der Waals surface area contributed by atoms with Gasteiger partial charge in [-0.15, -0.1) is 0 Å². The van der Waals surface area contributed by atoms with Gasteiger partial charge in [-0.2, -0.15) is 0 Å². The Bertz CT molecular complexity index is 108. The normalized spacial score (nSPS) is 17.1. The molecule has 0 aliphatic carbocycles. The van der Waals surface area contributed by atoms with E-state index in [1.54, 1.807) is 19.1 Å². The van der Waals surface area contributed by atoms with Crippen molar-refractivity contribution in [2.75, 3.05) is 0 Å². The van der Waals surface area contributed by atoms with Gasteiger partial charge in [-0.05, 0) is 13.3 Å². The molecular weight excluding hydrogens is 140 g/mol. The van der Waals surface area contributed by atoms with Crippen molar-refractivity contribution in [1.82, 2.24) is 0 Å². The molecular formula is C9H18O2. The van der Waals surface area contributed by atoms with Crippen LogP contribution >= 0.6 is 0 Å². The predicted molar refractivity (Wildman–Crippen MR) is 46.4 cm³/mol. The third-order valence-corrected chi connectivity index (χ3v) is 1.47. The number of hydrogen-bond acceptors (Lipinski definition) is 2. The van der Waals surface area contributed by atoms with Crippen LogP contribution in [0.4, 0.5) is 0 Å². The van der Waals surface area contributed by atoms with Crippen LogP contribution in [0, 0.1) is 0 Å². The Hall–Kier alpha value is -0.340. The van der Waals surface area contributed by atoms with Crippen LogP contribution in [0.1, 0.15) is 33.1 Å². The Kier molecular flexibility index (Phi) is 6.18. The molecule has 0 aliphatic rings. The summed E-state index contributed by atoms with van der Waals surface area (Å²) in [6, 6.07) is 0. The molecule has 0 aliphatic heterocycles. The van der Waals surface area contributed by atoms with Crippen molar-refractivity contribution < 1.29 is 10.2 Å². The first kappa shape index (κ1) is 10.7. The molecule has 0 heterocycles. The van der Waals surface area contributed by atoms with E-state index in [4.69, 9.17) is 5.11 Å². The van der Waals surface area contributed by atoms with E-state index in [0.717, 1.165) is 19.3 Å². The fraction of sp³-hybridized carbons (Fsp3) is 0.778. The van der Waals surface area contributed by atoms with Crippen molar-refractivity contribution >= 4 is 0 Å². The van der Waals surface area contributed by atoms with Gasteiger partial charge in [0.05, 0.1) is 12.2 Å². The van der Waals surface area contributed by atoms with Crippen LogP contribution in [0.3, 0.4) is 0 Å². The Morgan fingerprint density at radius 1 is 1.27 bits per heavy atom. The molecule has 2 nitrogen and oxygen atoms in total. The first-order chi connectivity index (χ1) is 5.16. The van der Waals surface area contributed by atoms with Crippen molar-refractivity contribution in [3.8, 4) is 0 Å². The number of aliphatic hydroxyl groups is 2. The van der Waals surface area contributed by atoms with E-state index in [1.807, 2.05) is 0 Å². The zero-order chi connectivity index (χ0) is 8.69. The van der Waals surface area contributed by atoms with Crippen molar-refractivity contribution in [1.29, 1.82) is 0 Å². The van der Waals surface area contributed by atoms with Crippen LogP contribution < -0.4 is 0 Å². The number of hydrogen-bond donors (Lipinski definition) is 2. The average Bonchev–Trinajstić information content (AvgIpc) is 1.97. The van der Waals surface area contributed by atoms with Crippen LogP contribution in [0.15, 0.2) is 12.2 Å². The summed E-state index contributed by atoms with van der Waals surface area (Å²) in [6.45, 7) is 3.76. The Morgan fingerprint density at radius 2 is 1.91 bits per heavy atom. The molecule has 2 N–H and O–H groups in total. The molecule has 0 aromatic heterocycles. The molecule has 0 aromatic rings. The summed E-state index contributed by atoms with van der Waals surface area (Å²) < 4.78 is 0. The van der Waals surface area contributed by atoms with Gasteiger partial charge in [0.1, 0.15) is 0 Å². The van der Waals surface area contributed by atoms with Gasteiger partial charge < -0.3 is 10.2 Å². The summed E-state index contributed by atoms with van der Waals surface area (Å²) in [7, 11) is 0. The van der Waals surface area contributed by atoms with E-state index in [0.29, 0.717) is 0 Å². The van der Waals surface area contributed by atoms with Crippen molar-refractivity contribution in [3.05, 3.63) is 12.2 Å². The second-order valence-corrected chi connectivity index (χ2v) is 2.84. The Labute approximate surface area is 68.6 Å². The highest BCUT2D eigenvalue weighted by Crippen LogP contribution is 2.01. The fourth-order valence-corrected chi connectivity index (χ4v) is 0.799. The van der Waals surface area contributed by atoms with Crippen LogP contribution in [0.25, 0.3) is 0 Å². The highest BCUT2D eigenvalue weighted by atomic mass is 16.3. The molecule has 0 bridgehead atoms. The van der Waals surface area contributed by atoms with E-state index < -0.39 is 6.10 Å². The molecule has 0 saturated heterocycles. The summed E-state index contributed by atoms with van der Waals surface area (Å²) in [5, 5.41) is 18.1. The van der Waals surface area contributed by atoms with Gasteiger partial charge in [0.2, 0.25) is 0 Å². The minimum Gasteiger partial charge on any atom is -0.389 e. The monoisotopic (exact) mass is 158 g/mol. The molecule has 0 saturated carbocycles. The van der Waals surface area contributed by atoms with Gasteiger partial charge in [-0.3, -0.25) is 0 Å².